The molecule has 0 bridgehead atoms. The number of amides is 1. The third kappa shape index (κ3) is 3.42. The Labute approximate surface area is 150 Å². The fourth-order valence-corrected chi connectivity index (χ4v) is 2.97. The SMILES string of the molecule is O=C(CCl)NCCCNc1cccc2c1C(=O)c1ccccc1C2=O. The highest BCUT2D eigenvalue weighted by atomic mass is 35.5. The van der Waals surface area contributed by atoms with E-state index in [9.17, 15) is 14.4 Å². The van der Waals surface area contributed by atoms with E-state index in [1.54, 1.807) is 42.5 Å². The highest BCUT2D eigenvalue weighted by molar-refractivity contribution is 6.30. The number of carbonyl (C=O) groups is 3. The number of benzene rings is 2. The van der Waals surface area contributed by atoms with Gasteiger partial charge in [0.1, 0.15) is 5.88 Å². The zero-order valence-corrected chi connectivity index (χ0v) is 14.2. The van der Waals surface area contributed by atoms with Gasteiger partial charge in [0, 0.05) is 35.5 Å². The van der Waals surface area contributed by atoms with Crippen LogP contribution in [0.25, 0.3) is 0 Å². The molecule has 0 radical (unpaired) electrons. The first-order valence-electron chi connectivity index (χ1n) is 8.01. The van der Waals surface area contributed by atoms with Crippen molar-refractivity contribution in [1.29, 1.82) is 0 Å². The summed E-state index contributed by atoms with van der Waals surface area (Å²) in [5, 5.41) is 5.87. The predicted molar refractivity (Wildman–Crippen MR) is 96.6 cm³/mol. The lowest BCUT2D eigenvalue weighted by Gasteiger charge is -2.20. The zero-order valence-electron chi connectivity index (χ0n) is 13.5. The van der Waals surface area contributed by atoms with Crippen LogP contribution in [0.2, 0.25) is 0 Å². The Bertz CT molecular complexity index is 848. The molecule has 128 valence electrons. The molecule has 25 heavy (non-hydrogen) atoms. The molecule has 0 unspecified atom stereocenters. The van der Waals surface area contributed by atoms with E-state index in [0.29, 0.717) is 47.5 Å². The Kier molecular flexibility index (Phi) is 5.14. The molecule has 6 heteroatoms. The number of alkyl halides is 1. The number of halogens is 1. The van der Waals surface area contributed by atoms with Crippen LogP contribution < -0.4 is 10.6 Å². The normalized spacial score (nSPS) is 12.4. The standard InChI is InChI=1S/C19H17ClN2O3/c20-11-16(23)22-10-4-9-21-15-8-3-7-14-17(15)19(25)13-6-2-1-5-12(13)18(14)24/h1-3,5-8,21H,4,9-11H2,(H,22,23). The van der Waals surface area contributed by atoms with Crippen molar-refractivity contribution in [3.63, 3.8) is 0 Å². The number of anilines is 1. The van der Waals surface area contributed by atoms with Crippen LogP contribution in [-0.4, -0.2) is 36.4 Å². The van der Waals surface area contributed by atoms with Crippen LogP contribution in [0.1, 0.15) is 38.3 Å². The molecule has 5 nitrogen and oxygen atoms in total. The number of hydrogen-bond donors (Lipinski definition) is 2. The van der Waals surface area contributed by atoms with Crippen molar-refractivity contribution in [3.8, 4) is 0 Å². The van der Waals surface area contributed by atoms with E-state index >= 15 is 0 Å². The summed E-state index contributed by atoms with van der Waals surface area (Å²) in [5.41, 5.74) is 2.35. The molecular weight excluding hydrogens is 340 g/mol. The fourth-order valence-electron chi connectivity index (χ4n) is 2.88. The van der Waals surface area contributed by atoms with Gasteiger partial charge in [-0.15, -0.1) is 11.6 Å². The maximum atomic E-state index is 12.8. The second kappa shape index (κ2) is 7.49. The molecule has 1 aliphatic rings. The molecule has 3 rings (SSSR count). The van der Waals surface area contributed by atoms with E-state index in [0.717, 1.165) is 0 Å². The summed E-state index contributed by atoms with van der Waals surface area (Å²) >= 11 is 5.41. The highest BCUT2D eigenvalue weighted by Crippen LogP contribution is 2.31. The van der Waals surface area contributed by atoms with Crippen molar-refractivity contribution >= 4 is 34.8 Å². The predicted octanol–water partition coefficient (Wildman–Crippen LogP) is 2.62. The van der Waals surface area contributed by atoms with Crippen LogP contribution in [0.15, 0.2) is 42.5 Å². The summed E-state index contributed by atoms with van der Waals surface area (Å²) in [4.78, 5) is 36.6. The van der Waals surface area contributed by atoms with Crippen LogP contribution in [0.3, 0.4) is 0 Å². The molecule has 0 aromatic heterocycles. The van der Waals surface area contributed by atoms with Crippen molar-refractivity contribution in [2.75, 3.05) is 24.3 Å². The van der Waals surface area contributed by atoms with Crippen LogP contribution >= 0.6 is 11.6 Å². The topological polar surface area (TPSA) is 75.3 Å². The summed E-state index contributed by atoms with van der Waals surface area (Å²) in [6.45, 7) is 1.05. The maximum absolute atomic E-state index is 12.8. The van der Waals surface area contributed by atoms with E-state index in [2.05, 4.69) is 10.6 Å². The molecule has 0 saturated heterocycles. The zero-order chi connectivity index (χ0) is 17.8. The molecular formula is C19H17ClN2O3. The van der Waals surface area contributed by atoms with Crippen LogP contribution in [0, 0.1) is 0 Å². The summed E-state index contributed by atoms with van der Waals surface area (Å²) in [7, 11) is 0. The van der Waals surface area contributed by atoms with Crippen LogP contribution in [0.5, 0.6) is 0 Å². The minimum Gasteiger partial charge on any atom is -0.384 e. The number of ketones is 2. The largest absolute Gasteiger partial charge is 0.384 e. The maximum Gasteiger partial charge on any atom is 0.234 e. The monoisotopic (exact) mass is 356 g/mol. The molecule has 2 aromatic carbocycles. The van der Waals surface area contributed by atoms with Crippen molar-refractivity contribution < 1.29 is 14.4 Å². The first-order valence-corrected chi connectivity index (χ1v) is 8.55. The van der Waals surface area contributed by atoms with Gasteiger partial charge in [-0.05, 0) is 12.5 Å². The Morgan fingerprint density at radius 1 is 0.880 bits per heavy atom. The molecule has 0 heterocycles. The van der Waals surface area contributed by atoms with Crippen molar-refractivity contribution in [2.45, 2.75) is 6.42 Å². The Morgan fingerprint density at radius 3 is 2.28 bits per heavy atom. The Balaban J connectivity index is 1.77. The van der Waals surface area contributed by atoms with Gasteiger partial charge in [0.15, 0.2) is 11.6 Å². The molecule has 1 aliphatic carbocycles. The Morgan fingerprint density at radius 2 is 1.56 bits per heavy atom. The number of nitrogens with one attached hydrogen (secondary N) is 2. The summed E-state index contributed by atoms with van der Waals surface area (Å²) in [6, 6.07) is 12.1. The molecule has 1 amide bonds. The molecule has 0 fully saturated rings. The van der Waals surface area contributed by atoms with Gasteiger partial charge < -0.3 is 10.6 Å². The Hall–Kier alpha value is -2.66. The molecule has 2 N–H and O–H groups in total. The van der Waals surface area contributed by atoms with Gasteiger partial charge in [0.25, 0.3) is 0 Å². The van der Waals surface area contributed by atoms with Gasteiger partial charge >= 0.3 is 0 Å². The minimum absolute atomic E-state index is 0.0599. The average molecular weight is 357 g/mol. The number of carbonyl (C=O) groups excluding carboxylic acids is 3. The summed E-state index contributed by atoms with van der Waals surface area (Å²) < 4.78 is 0. The van der Waals surface area contributed by atoms with Gasteiger partial charge in [-0.1, -0.05) is 36.4 Å². The lowest BCUT2D eigenvalue weighted by Crippen LogP contribution is -2.27. The van der Waals surface area contributed by atoms with Gasteiger partial charge in [0.05, 0.1) is 5.56 Å². The third-order valence-corrected chi connectivity index (χ3v) is 4.31. The fraction of sp³-hybridized carbons (Fsp3) is 0.211. The van der Waals surface area contributed by atoms with Gasteiger partial charge in [-0.25, -0.2) is 0 Å². The van der Waals surface area contributed by atoms with Gasteiger partial charge in [-0.2, -0.15) is 0 Å². The average Bonchev–Trinajstić information content (AvgIpc) is 2.65. The molecule has 0 saturated carbocycles. The molecule has 0 spiro atoms. The van der Waals surface area contributed by atoms with Crippen molar-refractivity contribution in [3.05, 3.63) is 64.7 Å². The first-order chi connectivity index (χ1) is 12.1. The quantitative estimate of drug-likeness (QED) is 0.526. The molecule has 0 aliphatic heterocycles. The van der Waals surface area contributed by atoms with Crippen molar-refractivity contribution in [2.24, 2.45) is 0 Å². The number of hydrogen-bond acceptors (Lipinski definition) is 4. The van der Waals surface area contributed by atoms with Crippen LogP contribution in [0.4, 0.5) is 5.69 Å². The second-order valence-electron chi connectivity index (χ2n) is 5.70. The smallest absolute Gasteiger partial charge is 0.234 e. The van der Waals surface area contributed by atoms with E-state index in [-0.39, 0.29) is 23.4 Å². The van der Waals surface area contributed by atoms with Crippen LogP contribution in [-0.2, 0) is 4.79 Å². The summed E-state index contributed by atoms with van der Waals surface area (Å²) in [6.07, 6.45) is 0.672. The van der Waals surface area contributed by atoms with Crippen molar-refractivity contribution in [1.82, 2.24) is 5.32 Å². The van der Waals surface area contributed by atoms with Gasteiger partial charge in [0.2, 0.25) is 5.91 Å². The van der Waals surface area contributed by atoms with E-state index in [1.165, 1.54) is 0 Å². The van der Waals surface area contributed by atoms with Gasteiger partial charge in [-0.3, -0.25) is 14.4 Å². The summed E-state index contributed by atoms with van der Waals surface area (Å²) in [5.74, 6) is -0.557. The lowest BCUT2D eigenvalue weighted by molar-refractivity contribution is -0.118. The lowest BCUT2D eigenvalue weighted by atomic mass is 9.83. The molecule has 0 atom stereocenters. The van der Waals surface area contributed by atoms with E-state index in [4.69, 9.17) is 11.6 Å². The second-order valence-corrected chi connectivity index (χ2v) is 5.96. The number of rotatable bonds is 6. The van der Waals surface area contributed by atoms with E-state index < -0.39 is 0 Å². The van der Waals surface area contributed by atoms with E-state index in [1.807, 2.05) is 0 Å². The third-order valence-electron chi connectivity index (χ3n) is 4.07. The highest BCUT2D eigenvalue weighted by Gasteiger charge is 2.31. The molecule has 2 aromatic rings. The first kappa shape index (κ1) is 17.2. The minimum atomic E-state index is -0.212. The number of fused-ring (bicyclic) bond motifs is 2.